The van der Waals surface area contributed by atoms with Gasteiger partial charge >= 0.3 is 6.18 Å². The maximum absolute atomic E-state index is 11.8. The Morgan fingerprint density at radius 3 is 1.64 bits per heavy atom. The van der Waals surface area contributed by atoms with Gasteiger partial charge in [0.25, 0.3) is 6.08 Å². The van der Waals surface area contributed by atoms with E-state index in [1.54, 1.807) is 0 Å². The van der Waals surface area contributed by atoms with Crippen LogP contribution in [0.2, 0.25) is 0 Å². The second kappa shape index (κ2) is 3.34. The van der Waals surface area contributed by atoms with Crippen LogP contribution in [0.25, 0.3) is 0 Å². The first-order valence-corrected chi connectivity index (χ1v) is 2.56. The summed E-state index contributed by atoms with van der Waals surface area (Å²) in [4.78, 5) is 0. The molecule has 0 aromatic heterocycles. The van der Waals surface area contributed by atoms with Crippen molar-refractivity contribution in [3.8, 4) is 0 Å². The molecule has 0 amide bonds. The normalized spacial score (nSPS) is 14.5. The summed E-state index contributed by atoms with van der Waals surface area (Å²) in [6.07, 6.45) is -12.0. The third-order valence-electron chi connectivity index (χ3n) is 0.690. The summed E-state index contributed by atoms with van der Waals surface area (Å²) < 4.78 is 67.9. The molecule has 0 radical (unpaired) electrons. The Balaban J connectivity index is 4.52. The molecule has 0 rings (SSSR count). The van der Waals surface area contributed by atoms with Crippen molar-refractivity contribution in [2.45, 2.75) is 12.3 Å². The third kappa shape index (κ3) is 3.00. The van der Waals surface area contributed by atoms with Gasteiger partial charge in [-0.3, -0.25) is 0 Å². The quantitative estimate of drug-likeness (QED) is 0.568. The molecular weight excluding hydrogens is 197 g/mol. The van der Waals surface area contributed by atoms with E-state index in [2.05, 4.69) is 11.6 Å². The highest BCUT2D eigenvalue weighted by molar-refractivity contribution is 6.30. The van der Waals surface area contributed by atoms with E-state index in [9.17, 15) is 26.3 Å². The van der Waals surface area contributed by atoms with Gasteiger partial charge in [-0.2, -0.15) is 22.0 Å². The summed E-state index contributed by atoms with van der Waals surface area (Å²) in [7, 11) is 0. The Bertz CT molecular complexity index is 166. The second-order valence-electron chi connectivity index (χ2n) is 1.51. The number of hydrogen-bond donors (Lipinski definition) is 0. The van der Waals surface area contributed by atoms with Gasteiger partial charge in [-0.15, -0.1) is 0 Å². The van der Waals surface area contributed by atoms with Crippen LogP contribution in [0.1, 0.15) is 0 Å². The molecule has 0 saturated carbocycles. The Kier molecular flexibility index (Phi) is 3.22. The average Bonchev–Trinajstić information content (AvgIpc) is 1.82. The lowest BCUT2D eigenvalue weighted by atomic mass is 10.3. The molecule has 0 bridgehead atoms. The molecule has 1 unspecified atom stereocenters. The molecule has 11 heavy (non-hydrogen) atoms. The predicted octanol–water partition coefficient (Wildman–Crippen LogP) is 3.23. The van der Waals surface area contributed by atoms with Gasteiger partial charge in [-0.1, -0.05) is 11.6 Å². The van der Waals surface area contributed by atoms with Gasteiger partial charge in [0.1, 0.15) is 5.03 Å². The van der Waals surface area contributed by atoms with Crippen LogP contribution in [0.3, 0.4) is 0 Å². The Hall–Kier alpha value is -0.390. The highest BCUT2D eigenvalue weighted by Gasteiger charge is 2.44. The van der Waals surface area contributed by atoms with Gasteiger partial charge in [0, 0.05) is 0 Å². The van der Waals surface area contributed by atoms with E-state index in [0.717, 1.165) is 0 Å². The summed E-state index contributed by atoms with van der Waals surface area (Å²) in [6.45, 7) is 0. The zero-order valence-electron chi connectivity index (χ0n) is 4.72. The molecular formula is C4HClF6. The van der Waals surface area contributed by atoms with Crippen LogP contribution in [0.15, 0.2) is 11.1 Å². The summed E-state index contributed by atoms with van der Waals surface area (Å²) >= 11 is 4.29. The minimum Gasteiger partial charge on any atom is -0.231 e. The van der Waals surface area contributed by atoms with E-state index in [4.69, 9.17) is 0 Å². The van der Waals surface area contributed by atoms with Crippen molar-refractivity contribution in [3.05, 3.63) is 11.1 Å². The van der Waals surface area contributed by atoms with Crippen LogP contribution in [-0.2, 0) is 0 Å². The topological polar surface area (TPSA) is 0 Å². The molecule has 0 aliphatic rings. The molecule has 0 aromatic rings. The zero-order chi connectivity index (χ0) is 9.23. The SMILES string of the molecule is FC(F)=C(Cl)C(F)C(F)(F)F. The lowest BCUT2D eigenvalue weighted by Crippen LogP contribution is -2.24. The van der Waals surface area contributed by atoms with Crippen molar-refractivity contribution >= 4 is 11.6 Å². The van der Waals surface area contributed by atoms with Gasteiger partial charge < -0.3 is 0 Å². The van der Waals surface area contributed by atoms with Gasteiger partial charge in [0.15, 0.2) is 0 Å². The number of rotatable bonds is 1. The molecule has 0 N–H and O–H groups in total. The highest BCUT2D eigenvalue weighted by Crippen LogP contribution is 2.32. The molecule has 0 aliphatic heterocycles. The van der Waals surface area contributed by atoms with Crippen molar-refractivity contribution in [1.82, 2.24) is 0 Å². The van der Waals surface area contributed by atoms with E-state index in [1.807, 2.05) is 0 Å². The van der Waals surface area contributed by atoms with Gasteiger partial charge in [0.05, 0.1) is 0 Å². The largest absolute Gasteiger partial charge is 0.425 e. The second-order valence-corrected chi connectivity index (χ2v) is 1.92. The zero-order valence-corrected chi connectivity index (χ0v) is 5.48. The number of alkyl halides is 4. The molecule has 7 heteroatoms. The predicted molar refractivity (Wildman–Crippen MR) is 26.0 cm³/mol. The van der Waals surface area contributed by atoms with E-state index in [-0.39, 0.29) is 0 Å². The maximum Gasteiger partial charge on any atom is 0.425 e. The first-order chi connectivity index (χ1) is 4.76. The van der Waals surface area contributed by atoms with Crippen LogP contribution in [0.4, 0.5) is 26.3 Å². The number of hydrogen-bond acceptors (Lipinski definition) is 0. The first kappa shape index (κ1) is 10.6. The van der Waals surface area contributed by atoms with Crippen molar-refractivity contribution in [2.24, 2.45) is 0 Å². The lowest BCUT2D eigenvalue weighted by Gasteiger charge is -2.09. The molecule has 0 fully saturated rings. The maximum atomic E-state index is 11.8. The monoisotopic (exact) mass is 198 g/mol. The fourth-order valence-corrected chi connectivity index (χ4v) is 0.363. The number of halogens is 7. The third-order valence-corrected chi connectivity index (χ3v) is 1.02. The van der Waals surface area contributed by atoms with Crippen molar-refractivity contribution in [1.29, 1.82) is 0 Å². The van der Waals surface area contributed by atoms with Gasteiger partial charge in [-0.05, 0) is 0 Å². The standard InChI is InChI=1S/C4HClF6/c5-1(3(7)8)2(6)4(9,10)11/h2H. The minimum atomic E-state index is -5.37. The van der Waals surface area contributed by atoms with Crippen LogP contribution in [0, 0.1) is 0 Å². The molecule has 1 atom stereocenters. The van der Waals surface area contributed by atoms with Crippen molar-refractivity contribution in [3.63, 3.8) is 0 Å². The van der Waals surface area contributed by atoms with E-state index >= 15 is 0 Å². The fourth-order valence-electron chi connectivity index (χ4n) is 0.239. The molecule has 0 nitrogen and oxygen atoms in total. The smallest absolute Gasteiger partial charge is 0.231 e. The van der Waals surface area contributed by atoms with Crippen molar-refractivity contribution < 1.29 is 26.3 Å². The first-order valence-electron chi connectivity index (χ1n) is 2.18. The molecule has 0 aromatic carbocycles. The summed E-state index contributed by atoms with van der Waals surface area (Å²) in [5.74, 6) is 0. The fraction of sp³-hybridized carbons (Fsp3) is 0.500. The molecule has 0 saturated heterocycles. The summed E-state index contributed by atoms with van der Waals surface area (Å²) in [5, 5.41) is -2.11. The number of allylic oxidation sites excluding steroid dienone is 1. The van der Waals surface area contributed by atoms with Crippen LogP contribution >= 0.6 is 11.6 Å². The average molecular weight is 198 g/mol. The molecule has 0 spiro atoms. The lowest BCUT2D eigenvalue weighted by molar-refractivity contribution is -0.168. The minimum absolute atomic E-state index is 2.11. The van der Waals surface area contributed by atoms with Gasteiger partial charge in [-0.25, -0.2) is 4.39 Å². The van der Waals surface area contributed by atoms with Gasteiger partial charge in [0.2, 0.25) is 6.17 Å². The Morgan fingerprint density at radius 1 is 1.18 bits per heavy atom. The highest BCUT2D eigenvalue weighted by atomic mass is 35.5. The Morgan fingerprint density at radius 2 is 1.55 bits per heavy atom. The molecule has 0 heterocycles. The van der Waals surface area contributed by atoms with Crippen molar-refractivity contribution in [2.75, 3.05) is 0 Å². The van der Waals surface area contributed by atoms with Crippen LogP contribution < -0.4 is 0 Å². The van der Waals surface area contributed by atoms with E-state index < -0.39 is 23.5 Å². The summed E-state index contributed by atoms with van der Waals surface area (Å²) in [6, 6.07) is 0. The molecule has 0 aliphatic carbocycles. The molecule has 66 valence electrons. The van der Waals surface area contributed by atoms with E-state index in [1.165, 1.54) is 0 Å². The van der Waals surface area contributed by atoms with Crippen LogP contribution in [0.5, 0.6) is 0 Å². The van der Waals surface area contributed by atoms with E-state index in [0.29, 0.717) is 0 Å². The Labute approximate surface area is 62.4 Å². The van der Waals surface area contributed by atoms with Crippen LogP contribution in [-0.4, -0.2) is 12.3 Å². The summed E-state index contributed by atoms with van der Waals surface area (Å²) in [5.41, 5.74) is 0.